The Labute approximate surface area is 156 Å². The average molecular weight is 422 g/mol. The fourth-order valence-electron chi connectivity index (χ4n) is 1.88. The summed E-state index contributed by atoms with van der Waals surface area (Å²) in [4.78, 5) is 11.0. The third kappa shape index (κ3) is 4.51. The molecule has 0 aliphatic heterocycles. The number of aromatic hydroxyl groups is 1. The van der Waals surface area contributed by atoms with Crippen LogP contribution in [-0.2, 0) is 14.8 Å². The second-order valence-corrected chi connectivity index (χ2v) is 7.50. The molecule has 1 amide bonds. The predicted octanol–water partition coefficient (Wildman–Crippen LogP) is 2.58. The van der Waals surface area contributed by atoms with Crippen LogP contribution < -0.4 is 10.0 Å². The van der Waals surface area contributed by atoms with Gasteiger partial charge in [-0.1, -0.05) is 0 Å². The van der Waals surface area contributed by atoms with E-state index in [1.807, 2.05) is 0 Å². The average Bonchev–Trinajstić information content (AvgIpc) is 2.57. The smallest absolute Gasteiger partial charge is 0.426 e. The van der Waals surface area contributed by atoms with E-state index in [4.69, 9.17) is 5.11 Å². The second-order valence-electron chi connectivity index (χ2n) is 5.82. The number of aliphatic hydroxyl groups is 1. The molecule has 0 fully saturated rings. The van der Waals surface area contributed by atoms with Gasteiger partial charge in [-0.3, -0.25) is 9.52 Å². The number of sulfonamides is 1. The van der Waals surface area contributed by atoms with E-state index in [-0.39, 0.29) is 18.4 Å². The van der Waals surface area contributed by atoms with Gasteiger partial charge in [0.05, 0.1) is 10.6 Å². The summed E-state index contributed by atoms with van der Waals surface area (Å²) in [6, 6.07) is 7.00. The summed E-state index contributed by atoms with van der Waals surface area (Å²) in [5, 5.41) is 20.0. The zero-order chi connectivity index (χ0) is 21.3. The van der Waals surface area contributed by atoms with E-state index >= 15 is 0 Å². The quantitative estimate of drug-likeness (QED) is 0.437. The molecule has 2 aromatic carbocycles. The molecule has 0 aliphatic carbocycles. The number of anilines is 2. The van der Waals surface area contributed by atoms with E-state index in [0.29, 0.717) is 6.07 Å². The zero-order valence-electron chi connectivity index (χ0n) is 14.1. The largest absolute Gasteiger partial charge is 0.508 e. The maximum Gasteiger partial charge on any atom is 0.426 e. The number of halogens is 4. The molecular formula is C16H14F4N2O5S. The Morgan fingerprint density at radius 2 is 1.64 bits per heavy atom. The van der Waals surface area contributed by atoms with Gasteiger partial charge in [-0.2, -0.15) is 13.2 Å². The third-order valence-corrected chi connectivity index (χ3v) is 4.99. The van der Waals surface area contributed by atoms with Crippen molar-refractivity contribution in [2.45, 2.75) is 23.6 Å². The van der Waals surface area contributed by atoms with E-state index in [1.54, 1.807) is 5.32 Å². The van der Waals surface area contributed by atoms with Gasteiger partial charge in [-0.25, -0.2) is 12.8 Å². The first-order valence-corrected chi connectivity index (χ1v) is 8.94. The first-order valence-electron chi connectivity index (χ1n) is 7.46. The first-order chi connectivity index (χ1) is 12.7. The van der Waals surface area contributed by atoms with Crippen molar-refractivity contribution < 1.29 is 41.0 Å². The van der Waals surface area contributed by atoms with Crippen LogP contribution in [0.4, 0.5) is 28.9 Å². The van der Waals surface area contributed by atoms with Crippen LogP contribution in [-0.4, -0.2) is 36.3 Å². The predicted molar refractivity (Wildman–Crippen MR) is 90.6 cm³/mol. The number of alkyl halides is 3. The van der Waals surface area contributed by atoms with Crippen LogP contribution in [0.3, 0.4) is 0 Å². The number of phenolic OH excluding ortho intramolecular Hbond substituents is 1. The maximum atomic E-state index is 14.1. The molecule has 0 saturated heterocycles. The molecule has 12 heteroatoms. The molecule has 2 rings (SSSR count). The monoisotopic (exact) mass is 422 g/mol. The van der Waals surface area contributed by atoms with Crippen LogP contribution in [0.1, 0.15) is 6.92 Å². The third-order valence-electron chi connectivity index (χ3n) is 3.61. The van der Waals surface area contributed by atoms with Gasteiger partial charge in [0.2, 0.25) is 5.60 Å². The fraction of sp³-hybridized carbons (Fsp3) is 0.188. The van der Waals surface area contributed by atoms with Gasteiger partial charge in [0.25, 0.3) is 15.9 Å². The van der Waals surface area contributed by atoms with Crippen molar-refractivity contribution in [1.29, 1.82) is 0 Å². The number of carbonyl (C=O) groups excluding carboxylic acids is 1. The molecule has 7 nitrogen and oxygen atoms in total. The highest BCUT2D eigenvalue weighted by molar-refractivity contribution is 7.92. The highest BCUT2D eigenvalue weighted by atomic mass is 32.2. The van der Waals surface area contributed by atoms with Crippen LogP contribution in [0.5, 0.6) is 5.75 Å². The number of nitrogens with one attached hydrogen (secondary N) is 2. The lowest BCUT2D eigenvalue weighted by Gasteiger charge is -2.25. The highest BCUT2D eigenvalue weighted by Gasteiger charge is 2.55. The van der Waals surface area contributed by atoms with Gasteiger partial charge in [0.1, 0.15) is 11.6 Å². The Hall–Kier alpha value is -2.86. The fourth-order valence-corrected chi connectivity index (χ4v) is 2.95. The molecule has 4 N–H and O–H groups in total. The van der Waals surface area contributed by atoms with Crippen LogP contribution in [0.15, 0.2) is 47.4 Å². The van der Waals surface area contributed by atoms with Crippen molar-refractivity contribution in [2.75, 3.05) is 10.0 Å². The van der Waals surface area contributed by atoms with Crippen molar-refractivity contribution in [1.82, 2.24) is 0 Å². The number of carbonyl (C=O) groups is 1. The molecule has 0 unspecified atom stereocenters. The van der Waals surface area contributed by atoms with Gasteiger partial charge in [-0.05, 0) is 49.4 Å². The summed E-state index contributed by atoms with van der Waals surface area (Å²) in [7, 11) is -4.26. The minimum atomic E-state index is -5.30. The van der Waals surface area contributed by atoms with E-state index in [1.165, 1.54) is 24.3 Å². The number of hydrogen-bond acceptors (Lipinski definition) is 5. The summed E-state index contributed by atoms with van der Waals surface area (Å²) in [6.45, 7) is 0.195. The molecule has 152 valence electrons. The Kier molecular flexibility index (Phi) is 5.57. The Morgan fingerprint density at radius 3 is 2.14 bits per heavy atom. The standard InChI is InChI=1S/C16H14F4N2O5S/c1-15(25,16(18,19)20)14(24)21-13-7-6-11(8-12(13)17)28(26,27)22-9-2-4-10(23)5-3-9/h2-8,22-23,25H,1H3,(H,21,24)/t15-/m1/s1. The minimum Gasteiger partial charge on any atom is -0.508 e. The molecule has 2 aromatic rings. The number of phenols is 1. The molecule has 28 heavy (non-hydrogen) atoms. The molecular weight excluding hydrogens is 408 g/mol. The van der Waals surface area contributed by atoms with E-state index in [9.17, 15) is 35.9 Å². The first kappa shape index (κ1) is 21.4. The van der Waals surface area contributed by atoms with Gasteiger partial charge in [0.15, 0.2) is 0 Å². The number of rotatable bonds is 5. The molecule has 0 radical (unpaired) electrons. The summed E-state index contributed by atoms with van der Waals surface area (Å²) in [5.74, 6) is -3.37. The molecule has 0 spiro atoms. The lowest BCUT2D eigenvalue weighted by molar-refractivity contribution is -0.242. The second kappa shape index (κ2) is 7.28. The van der Waals surface area contributed by atoms with Crippen molar-refractivity contribution in [2.24, 2.45) is 0 Å². The Balaban J connectivity index is 2.24. The van der Waals surface area contributed by atoms with E-state index < -0.39 is 44.1 Å². The van der Waals surface area contributed by atoms with Crippen LogP contribution in [0.2, 0.25) is 0 Å². The Morgan fingerprint density at radius 1 is 1.07 bits per heavy atom. The Bertz CT molecular complexity index is 989. The topological polar surface area (TPSA) is 116 Å². The lowest BCUT2D eigenvalue weighted by Crippen LogP contribution is -2.52. The lowest BCUT2D eigenvalue weighted by atomic mass is 10.1. The van der Waals surface area contributed by atoms with Gasteiger partial charge in [-0.15, -0.1) is 0 Å². The van der Waals surface area contributed by atoms with Crippen LogP contribution in [0.25, 0.3) is 0 Å². The normalized spacial score (nSPS) is 14.2. The van der Waals surface area contributed by atoms with E-state index in [0.717, 1.165) is 12.1 Å². The van der Waals surface area contributed by atoms with Crippen molar-refractivity contribution in [3.63, 3.8) is 0 Å². The van der Waals surface area contributed by atoms with Crippen molar-refractivity contribution in [3.05, 3.63) is 48.3 Å². The minimum absolute atomic E-state index is 0.0665. The van der Waals surface area contributed by atoms with Gasteiger partial charge in [0, 0.05) is 5.69 Å². The van der Waals surface area contributed by atoms with Crippen molar-refractivity contribution >= 4 is 27.3 Å². The summed E-state index contributed by atoms with van der Waals surface area (Å²) < 4.78 is 78.6. The molecule has 0 saturated carbocycles. The number of amides is 1. The molecule has 0 aliphatic rings. The van der Waals surface area contributed by atoms with Crippen molar-refractivity contribution in [3.8, 4) is 5.75 Å². The maximum absolute atomic E-state index is 14.1. The molecule has 0 heterocycles. The molecule has 1 atom stereocenters. The van der Waals surface area contributed by atoms with Gasteiger partial charge < -0.3 is 15.5 Å². The summed E-state index contributed by atoms with van der Waals surface area (Å²) in [6.07, 6.45) is -5.30. The number of hydrogen-bond donors (Lipinski definition) is 4. The number of benzene rings is 2. The summed E-state index contributed by atoms with van der Waals surface area (Å²) >= 11 is 0. The van der Waals surface area contributed by atoms with Gasteiger partial charge >= 0.3 is 6.18 Å². The SMILES string of the molecule is C[C@@](O)(C(=O)Nc1ccc(S(=O)(=O)Nc2ccc(O)cc2)cc1F)C(F)(F)F. The van der Waals surface area contributed by atoms with E-state index in [2.05, 4.69) is 4.72 Å². The zero-order valence-corrected chi connectivity index (χ0v) is 14.9. The molecule has 0 bridgehead atoms. The van der Waals surface area contributed by atoms with Crippen LogP contribution in [0, 0.1) is 5.82 Å². The van der Waals surface area contributed by atoms with Crippen LogP contribution >= 0.6 is 0 Å². The molecule has 0 aromatic heterocycles. The highest BCUT2D eigenvalue weighted by Crippen LogP contribution is 2.31. The summed E-state index contributed by atoms with van der Waals surface area (Å²) in [5.41, 5.74) is -4.46.